The van der Waals surface area contributed by atoms with Crippen molar-refractivity contribution >= 4 is 5.91 Å². The van der Waals surface area contributed by atoms with Crippen molar-refractivity contribution in [2.45, 2.75) is 6.92 Å². The van der Waals surface area contributed by atoms with Crippen molar-refractivity contribution < 1.29 is 4.79 Å². The van der Waals surface area contributed by atoms with Crippen LogP contribution in [0.15, 0.2) is 12.4 Å². The number of imidazole rings is 1. The maximum absolute atomic E-state index is 11.2. The predicted molar refractivity (Wildman–Crippen MR) is 41.5 cm³/mol. The van der Waals surface area contributed by atoms with E-state index in [1.165, 1.54) is 4.57 Å². The lowest BCUT2D eigenvalue weighted by molar-refractivity contribution is 0.0912. The summed E-state index contributed by atoms with van der Waals surface area (Å²) in [6.07, 6.45) is 3.28. The third-order valence-corrected chi connectivity index (χ3v) is 1.42. The monoisotopic (exact) mass is 153 g/mol. The van der Waals surface area contributed by atoms with Crippen molar-refractivity contribution in [3.63, 3.8) is 0 Å². The van der Waals surface area contributed by atoms with Gasteiger partial charge in [0.25, 0.3) is 0 Å². The van der Waals surface area contributed by atoms with Crippen LogP contribution < -0.4 is 5.32 Å². The Labute approximate surface area is 65.2 Å². The zero-order chi connectivity index (χ0) is 8.27. The van der Waals surface area contributed by atoms with Gasteiger partial charge in [-0.25, -0.2) is 4.98 Å². The lowest BCUT2D eigenvalue weighted by Crippen LogP contribution is -2.24. The first-order valence-corrected chi connectivity index (χ1v) is 3.43. The largest absolute Gasteiger partial charge is 0.311 e. The fourth-order valence-corrected chi connectivity index (χ4v) is 0.878. The number of nitrogens with zero attached hydrogens (tertiary/aromatic N) is 2. The normalized spacial score (nSPS) is 10.0. The van der Waals surface area contributed by atoms with Crippen LogP contribution in [-0.2, 0) is 0 Å². The molecule has 1 N–H and O–H groups in total. The molecule has 0 aliphatic carbocycles. The molecule has 4 nitrogen and oxygen atoms in total. The van der Waals surface area contributed by atoms with Crippen molar-refractivity contribution in [1.29, 1.82) is 0 Å². The molecule has 0 aliphatic heterocycles. The highest BCUT2D eigenvalue weighted by molar-refractivity contribution is 5.81. The van der Waals surface area contributed by atoms with Crippen LogP contribution >= 0.6 is 0 Å². The Morgan fingerprint density at radius 2 is 2.55 bits per heavy atom. The standard InChI is InChI=1S/C7H11N3O/c1-6-9-3-4-10(6)7(11)5-8-2/h3-4,8H,5H2,1-2H3. The summed E-state index contributed by atoms with van der Waals surface area (Å²) in [5.41, 5.74) is 0. The summed E-state index contributed by atoms with van der Waals surface area (Å²) in [5.74, 6) is 0.743. The summed E-state index contributed by atoms with van der Waals surface area (Å²) in [7, 11) is 1.74. The molecule has 1 aromatic heterocycles. The van der Waals surface area contributed by atoms with Gasteiger partial charge < -0.3 is 5.32 Å². The maximum atomic E-state index is 11.2. The van der Waals surface area contributed by atoms with Gasteiger partial charge >= 0.3 is 0 Å². The average molecular weight is 153 g/mol. The first-order chi connectivity index (χ1) is 5.25. The van der Waals surface area contributed by atoms with Gasteiger partial charge in [0.2, 0.25) is 5.91 Å². The Hall–Kier alpha value is -1.16. The van der Waals surface area contributed by atoms with E-state index in [1.807, 2.05) is 0 Å². The number of carbonyl (C=O) groups excluding carboxylic acids is 1. The molecule has 0 saturated carbocycles. The molecule has 0 aromatic carbocycles. The van der Waals surface area contributed by atoms with E-state index >= 15 is 0 Å². The molecule has 0 fully saturated rings. The molecule has 0 atom stereocenters. The number of hydrogen-bond donors (Lipinski definition) is 1. The summed E-state index contributed by atoms with van der Waals surface area (Å²) < 4.78 is 1.52. The Kier molecular flexibility index (Phi) is 2.38. The van der Waals surface area contributed by atoms with E-state index in [1.54, 1.807) is 26.4 Å². The lowest BCUT2D eigenvalue weighted by Gasteiger charge is -2.00. The number of rotatable bonds is 2. The second kappa shape index (κ2) is 3.30. The average Bonchev–Trinajstić information content (AvgIpc) is 2.36. The van der Waals surface area contributed by atoms with Crippen LogP contribution in [0.5, 0.6) is 0 Å². The fraction of sp³-hybridized carbons (Fsp3) is 0.429. The van der Waals surface area contributed by atoms with Gasteiger partial charge in [-0.05, 0) is 14.0 Å². The number of likely N-dealkylation sites (N-methyl/N-ethyl adjacent to an activating group) is 1. The molecular formula is C7H11N3O. The van der Waals surface area contributed by atoms with E-state index in [2.05, 4.69) is 10.3 Å². The summed E-state index contributed by atoms with van der Waals surface area (Å²) in [5, 5.41) is 2.78. The quantitative estimate of drug-likeness (QED) is 0.653. The van der Waals surface area contributed by atoms with Crippen LogP contribution in [0.3, 0.4) is 0 Å². The first-order valence-electron chi connectivity index (χ1n) is 3.43. The number of hydrogen-bond acceptors (Lipinski definition) is 3. The van der Waals surface area contributed by atoms with Crippen molar-refractivity contribution in [3.8, 4) is 0 Å². The van der Waals surface area contributed by atoms with Gasteiger partial charge in [-0.3, -0.25) is 9.36 Å². The molecule has 0 spiro atoms. The van der Waals surface area contributed by atoms with E-state index in [4.69, 9.17) is 0 Å². The number of aromatic nitrogens is 2. The molecule has 0 amide bonds. The minimum absolute atomic E-state index is 0.0162. The molecule has 1 heterocycles. The van der Waals surface area contributed by atoms with Crippen LogP contribution in [0.2, 0.25) is 0 Å². The van der Waals surface area contributed by atoms with Gasteiger partial charge in [0, 0.05) is 12.4 Å². The fourth-order valence-electron chi connectivity index (χ4n) is 0.878. The molecule has 0 saturated heterocycles. The van der Waals surface area contributed by atoms with Crippen molar-refractivity contribution in [1.82, 2.24) is 14.9 Å². The highest BCUT2D eigenvalue weighted by Crippen LogP contribution is 1.93. The third-order valence-electron chi connectivity index (χ3n) is 1.42. The zero-order valence-corrected chi connectivity index (χ0v) is 6.66. The summed E-state index contributed by atoms with van der Waals surface area (Å²) in [6, 6.07) is 0. The number of carbonyl (C=O) groups is 1. The second-order valence-electron chi connectivity index (χ2n) is 2.27. The Morgan fingerprint density at radius 1 is 1.82 bits per heavy atom. The molecule has 0 unspecified atom stereocenters. The SMILES string of the molecule is CNCC(=O)n1ccnc1C. The lowest BCUT2D eigenvalue weighted by atomic mass is 10.5. The Bertz CT molecular complexity index is 254. The molecule has 1 rings (SSSR count). The third kappa shape index (κ3) is 1.65. The van der Waals surface area contributed by atoms with Gasteiger partial charge in [-0.1, -0.05) is 0 Å². The van der Waals surface area contributed by atoms with E-state index in [-0.39, 0.29) is 5.91 Å². The number of aryl methyl sites for hydroxylation is 1. The van der Waals surface area contributed by atoms with Crippen molar-refractivity contribution in [3.05, 3.63) is 18.2 Å². The van der Waals surface area contributed by atoms with E-state index in [0.29, 0.717) is 6.54 Å². The van der Waals surface area contributed by atoms with E-state index < -0.39 is 0 Å². The first kappa shape index (κ1) is 7.94. The molecule has 1 aromatic rings. The topological polar surface area (TPSA) is 46.9 Å². The minimum Gasteiger partial charge on any atom is -0.311 e. The van der Waals surface area contributed by atoms with E-state index in [9.17, 15) is 4.79 Å². The maximum Gasteiger partial charge on any atom is 0.245 e. The van der Waals surface area contributed by atoms with Gasteiger partial charge in [0.1, 0.15) is 5.82 Å². The van der Waals surface area contributed by atoms with Crippen LogP contribution in [0.4, 0.5) is 0 Å². The van der Waals surface area contributed by atoms with Gasteiger partial charge in [0.05, 0.1) is 6.54 Å². The molecule has 60 valence electrons. The second-order valence-corrected chi connectivity index (χ2v) is 2.27. The molecule has 11 heavy (non-hydrogen) atoms. The summed E-state index contributed by atoms with van der Waals surface area (Å²) in [4.78, 5) is 15.1. The summed E-state index contributed by atoms with van der Waals surface area (Å²) >= 11 is 0. The molecular weight excluding hydrogens is 142 g/mol. The van der Waals surface area contributed by atoms with Crippen LogP contribution in [-0.4, -0.2) is 29.1 Å². The van der Waals surface area contributed by atoms with Crippen LogP contribution in [0.1, 0.15) is 10.6 Å². The highest BCUT2D eigenvalue weighted by atomic mass is 16.2. The molecule has 0 radical (unpaired) electrons. The molecule has 0 aliphatic rings. The predicted octanol–water partition coefficient (Wildman–Crippen LogP) is 0.0511. The van der Waals surface area contributed by atoms with Crippen LogP contribution in [0, 0.1) is 6.92 Å². The molecule has 0 bridgehead atoms. The Balaban J connectivity index is 2.76. The summed E-state index contributed by atoms with van der Waals surface area (Å²) in [6.45, 7) is 2.14. The van der Waals surface area contributed by atoms with E-state index in [0.717, 1.165) is 5.82 Å². The Morgan fingerprint density at radius 3 is 3.00 bits per heavy atom. The minimum atomic E-state index is 0.0162. The van der Waals surface area contributed by atoms with Gasteiger partial charge in [-0.15, -0.1) is 0 Å². The number of nitrogens with one attached hydrogen (secondary N) is 1. The van der Waals surface area contributed by atoms with Crippen molar-refractivity contribution in [2.75, 3.05) is 13.6 Å². The van der Waals surface area contributed by atoms with Gasteiger partial charge in [-0.2, -0.15) is 0 Å². The molecule has 4 heteroatoms. The van der Waals surface area contributed by atoms with Crippen molar-refractivity contribution in [2.24, 2.45) is 0 Å². The van der Waals surface area contributed by atoms with Gasteiger partial charge in [0.15, 0.2) is 0 Å². The zero-order valence-electron chi connectivity index (χ0n) is 6.66. The van der Waals surface area contributed by atoms with Crippen LogP contribution in [0.25, 0.3) is 0 Å². The smallest absolute Gasteiger partial charge is 0.245 e. The highest BCUT2D eigenvalue weighted by Gasteiger charge is 2.04.